The lowest BCUT2D eigenvalue weighted by atomic mass is 9.89. The van der Waals surface area contributed by atoms with Crippen LogP contribution >= 0.6 is 0 Å². The van der Waals surface area contributed by atoms with Gasteiger partial charge in [0.2, 0.25) is 11.8 Å². The van der Waals surface area contributed by atoms with E-state index in [9.17, 15) is 32.3 Å². The van der Waals surface area contributed by atoms with Crippen molar-refractivity contribution >= 4 is 35.1 Å². The molecule has 2 unspecified atom stereocenters. The minimum absolute atomic E-state index is 0.0563. The smallest absolute Gasteiger partial charge is 0.322 e. The molecule has 2 aromatic carbocycles. The number of nitrogens with zero attached hydrogens (tertiary/aromatic N) is 2. The molecule has 0 spiro atoms. The molecule has 182 valence electrons. The lowest BCUT2D eigenvalue weighted by Gasteiger charge is -2.35. The standard InChI is InChI=1S/C24H21F3N4O4/c25-24(26,27)17-9-10-30(18-4-2-1-3-16(17)18)23(35)28-14-5-6-15-13(11-14)12-31(22(15)34)19-7-8-20(32)29-21(19)33/h1-6,11,17,19H,7-10,12H2,(H,28,35)(H,29,32,33). The Morgan fingerprint density at radius 3 is 2.57 bits per heavy atom. The van der Waals surface area contributed by atoms with Gasteiger partial charge in [0, 0.05) is 36.4 Å². The van der Waals surface area contributed by atoms with E-state index in [0.717, 1.165) is 0 Å². The third-order valence-electron chi connectivity index (χ3n) is 6.66. The third-order valence-corrected chi connectivity index (χ3v) is 6.66. The van der Waals surface area contributed by atoms with E-state index in [1.165, 1.54) is 34.1 Å². The van der Waals surface area contributed by atoms with Crippen LogP contribution in [0.4, 0.5) is 29.3 Å². The fourth-order valence-corrected chi connectivity index (χ4v) is 4.96. The molecule has 3 aliphatic heterocycles. The number of nitrogens with one attached hydrogen (secondary N) is 2. The van der Waals surface area contributed by atoms with Gasteiger partial charge in [-0.2, -0.15) is 13.2 Å². The van der Waals surface area contributed by atoms with Crippen LogP contribution in [-0.4, -0.2) is 47.4 Å². The number of carbonyl (C=O) groups is 4. The van der Waals surface area contributed by atoms with Crippen LogP contribution in [-0.2, 0) is 16.1 Å². The first-order valence-electron chi connectivity index (χ1n) is 11.1. The Morgan fingerprint density at radius 2 is 1.83 bits per heavy atom. The summed E-state index contributed by atoms with van der Waals surface area (Å²) >= 11 is 0. The number of piperidine rings is 1. The van der Waals surface area contributed by atoms with Gasteiger partial charge in [0.05, 0.1) is 5.92 Å². The minimum atomic E-state index is -4.40. The summed E-state index contributed by atoms with van der Waals surface area (Å²) in [5.74, 6) is -2.86. The van der Waals surface area contributed by atoms with Crippen LogP contribution < -0.4 is 15.5 Å². The molecule has 8 nitrogen and oxygen atoms in total. The summed E-state index contributed by atoms with van der Waals surface area (Å²) in [7, 11) is 0. The molecular weight excluding hydrogens is 465 g/mol. The highest BCUT2D eigenvalue weighted by molar-refractivity contribution is 6.06. The molecule has 0 aromatic heterocycles. The Balaban J connectivity index is 1.33. The number of anilines is 2. The van der Waals surface area contributed by atoms with Gasteiger partial charge in [-0.1, -0.05) is 18.2 Å². The number of urea groups is 1. The fraction of sp³-hybridized carbons (Fsp3) is 0.333. The number of hydrogen-bond acceptors (Lipinski definition) is 4. The minimum Gasteiger partial charge on any atom is -0.322 e. The van der Waals surface area contributed by atoms with E-state index >= 15 is 0 Å². The Kier molecular flexibility index (Phi) is 5.49. The molecule has 0 radical (unpaired) electrons. The molecule has 1 fully saturated rings. The highest BCUT2D eigenvalue weighted by atomic mass is 19.4. The highest BCUT2D eigenvalue weighted by Crippen LogP contribution is 2.44. The number of halogens is 3. The summed E-state index contributed by atoms with van der Waals surface area (Å²) < 4.78 is 40.4. The van der Waals surface area contributed by atoms with Crippen molar-refractivity contribution in [2.75, 3.05) is 16.8 Å². The Hall–Kier alpha value is -3.89. The molecule has 35 heavy (non-hydrogen) atoms. The molecule has 0 bridgehead atoms. The van der Waals surface area contributed by atoms with Gasteiger partial charge in [0.15, 0.2) is 0 Å². The second-order valence-corrected chi connectivity index (χ2v) is 8.80. The number of amides is 5. The normalized spacial score (nSPS) is 22.0. The van der Waals surface area contributed by atoms with E-state index in [-0.39, 0.29) is 55.4 Å². The Morgan fingerprint density at radius 1 is 1.06 bits per heavy atom. The number of imide groups is 1. The first-order chi connectivity index (χ1) is 16.6. The molecule has 0 aliphatic carbocycles. The second-order valence-electron chi connectivity index (χ2n) is 8.80. The van der Waals surface area contributed by atoms with E-state index in [4.69, 9.17) is 0 Å². The van der Waals surface area contributed by atoms with Crippen molar-refractivity contribution in [1.29, 1.82) is 0 Å². The molecule has 3 heterocycles. The molecule has 2 N–H and O–H groups in total. The maximum absolute atomic E-state index is 13.5. The van der Waals surface area contributed by atoms with Gasteiger partial charge >= 0.3 is 12.2 Å². The van der Waals surface area contributed by atoms with Crippen LogP contribution in [0.25, 0.3) is 0 Å². The number of hydrogen-bond donors (Lipinski definition) is 2. The topological polar surface area (TPSA) is 98.8 Å². The summed E-state index contributed by atoms with van der Waals surface area (Å²) in [5, 5.41) is 4.95. The molecule has 11 heteroatoms. The van der Waals surface area contributed by atoms with Gasteiger partial charge in [-0.05, 0) is 48.2 Å². The molecule has 1 saturated heterocycles. The largest absolute Gasteiger partial charge is 0.395 e. The molecular formula is C24H21F3N4O4. The third kappa shape index (κ3) is 4.11. The zero-order chi connectivity index (χ0) is 24.9. The van der Waals surface area contributed by atoms with E-state index < -0.39 is 30.1 Å². The lowest BCUT2D eigenvalue weighted by Crippen LogP contribution is -2.52. The number of alkyl halides is 3. The number of para-hydroxylation sites is 1. The van der Waals surface area contributed by atoms with Gasteiger partial charge in [-0.15, -0.1) is 0 Å². The van der Waals surface area contributed by atoms with Crippen LogP contribution in [0.3, 0.4) is 0 Å². The maximum atomic E-state index is 13.5. The molecule has 3 aliphatic rings. The number of carbonyl (C=O) groups excluding carboxylic acids is 4. The van der Waals surface area contributed by atoms with Gasteiger partial charge in [-0.3, -0.25) is 24.6 Å². The monoisotopic (exact) mass is 486 g/mol. The van der Waals surface area contributed by atoms with Crippen molar-refractivity contribution < 1.29 is 32.3 Å². The zero-order valence-corrected chi connectivity index (χ0v) is 18.4. The predicted molar refractivity (Wildman–Crippen MR) is 119 cm³/mol. The highest BCUT2D eigenvalue weighted by Gasteiger charge is 2.45. The van der Waals surface area contributed by atoms with Crippen LogP contribution in [0, 0.1) is 0 Å². The quantitative estimate of drug-likeness (QED) is 0.635. The van der Waals surface area contributed by atoms with Crippen molar-refractivity contribution in [1.82, 2.24) is 10.2 Å². The maximum Gasteiger partial charge on any atom is 0.395 e. The number of fused-ring (bicyclic) bond motifs is 2. The molecule has 0 saturated carbocycles. The first kappa shape index (κ1) is 22.9. The van der Waals surface area contributed by atoms with Crippen molar-refractivity contribution in [3.05, 3.63) is 59.2 Å². The summed E-state index contributed by atoms with van der Waals surface area (Å²) in [5.41, 5.74) is 1.64. The molecule has 5 rings (SSSR count). The van der Waals surface area contributed by atoms with Gasteiger partial charge in [0.1, 0.15) is 6.04 Å². The summed E-state index contributed by atoms with van der Waals surface area (Å²) in [6.45, 7) is 0.0453. The molecule has 5 amide bonds. The number of benzene rings is 2. The van der Waals surface area contributed by atoms with Crippen molar-refractivity contribution in [3.8, 4) is 0 Å². The van der Waals surface area contributed by atoms with Gasteiger partial charge in [0.25, 0.3) is 5.91 Å². The van der Waals surface area contributed by atoms with Crippen LogP contribution in [0.2, 0.25) is 0 Å². The summed E-state index contributed by atoms with van der Waals surface area (Å²) in [6.07, 6.45) is -4.27. The first-order valence-corrected chi connectivity index (χ1v) is 11.1. The Bertz CT molecular complexity index is 1250. The van der Waals surface area contributed by atoms with Crippen molar-refractivity contribution in [2.45, 2.75) is 43.9 Å². The van der Waals surface area contributed by atoms with E-state index in [2.05, 4.69) is 10.6 Å². The summed E-state index contributed by atoms with van der Waals surface area (Å²) in [6, 6.07) is 9.35. The van der Waals surface area contributed by atoms with Crippen molar-refractivity contribution in [3.63, 3.8) is 0 Å². The predicted octanol–water partition coefficient (Wildman–Crippen LogP) is 3.54. The fourth-order valence-electron chi connectivity index (χ4n) is 4.96. The lowest BCUT2D eigenvalue weighted by molar-refractivity contribution is -0.152. The average molecular weight is 486 g/mol. The average Bonchev–Trinajstić information content (AvgIpc) is 3.13. The van der Waals surface area contributed by atoms with Crippen LogP contribution in [0.5, 0.6) is 0 Å². The Labute approximate surface area is 198 Å². The van der Waals surface area contributed by atoms with Crippen molar-refractivity contribution in [2.24, 2.45) is 0 Å². The summed E-state index contributed by atoms with van der Waals surface area (Å²) in [4.78, 5) is 52.1. The second kappa shape index (κ2) is 8.40. The van der Waals surface area contributed by atoms with E-state index in [1.807, 2.05) is 0 Å². The molecule has 2 atom stereocenters. The molecule has 2 aromatic rings. The van der Waals surface area contributed by atoms with E-state index in [1.54, 1.807) is 18.2 Å². The van der Waals surface area contributed by atoms with E-state index in [0.29, 0.717) is 16.8 Å². The van der Waals surface area contributed by atoms with Gasteiger partial charge < -0.3 is 10.2 Å². The number of rotatable bonds is 2. The van der Waals surface area contributed by atoms with Gasteiger partial charge in [-0.25, -0.2) is 4.79 Å². The van der Waals surface area contributed by atoms with Crippen LogP contribution in [0.1, 0.15) is 46.7 Å². The van der Waals surface area contributed by atoms with Crippen LogP contribution in [0.15, 0.2) is 42.5 Å². The SMILES string of the molecule is O=C1CCC(N2Cc3cc(NC(=O)N4CCC(C(F)(F)F)c5ccccc54)ccc3C2=O)C(=O)N1. The zero-order valence-electron chi connectivity index (χ0n) is 18.4.